The average molecular weight is 334 g/mol. The molecule has 6 nitrogen and oxygen atoms in total. The molecule has 1 fully saturated rings. The molecule has 7 heteroatoms. The van der Waals surface area contributed by atoms with Crippen LogP contribution in [0.2, 0.25) is 0 Å². The summed E-state index contributed by atoms with van der Waals surface area (Å²) < 4.78 is 0. The van der Waals surface area contributed by atoms with E-state index in [0.29, 0.717) is 19.6 Å². The number of rotatable bonds is 6. The second kappa shape index (κ2) is 7.25. The highest BCUT2D eigenvalue weighted by atomic mass is 32.1. The lowest BCUT2D eigenvalue weighted by Gasteiger charge is -2.14. The number of hydrogen-bond acceptors (Lipinski definition) is 5. The normalized spacial score (nSPS) is 21.7. The second-order valence-electron chi connectivity index (χ2n) is 6.12. The zero-order valence-corrected chi connectivity index (χ0v) is 14.0. The standard InChI is InChI=1S/C16H22N4O2S/c1-11-5-13(19-18-11)6-12-8-20(9-15(12)21)10-16(22)17-7-14-3-2-4-23-14/h2-5,12,15,21H,6-10H2,1H3,(H,17,22)(H,18,19)/t12-,15-/m1/s1. The Morgan fingerprint density at radius 2 is 2.43 bits per heavy atom. The average Bonchev–Trinajstić information content (AvgIpc) is 3.21. The van der Waals surface area contributed by atoms with E-state index >= 15 is 0 Å². The molecule has 0 unspecified atom stereocenters. The quantitative estimate of drug-likeness (QED) is 0.734. The lowest BCUT2D eigenvalue weighted by molar-refractivity contribution is -0.122. The first-order valence-corrected chi connectivity index (χ1v) is 8.68. The summed E-state index contributed by atoms with van der Waals surface area (Å²) in [5, 5.41) is 22.3. The van der Waals surface area contributed by atoms with Crippen LogP contribution in [0, 0.1) is 12.8 Å². The van der Waals surface area contributed by atoms with Crippen molar-refractivity contribution in [2.24, 2.45) is 5.92 Å². The van der Waals surface area contributed by atoms with E-state index in [1.54, 1.807) is 11.3 Å². The Morgan fingerprint density at radius 1 is 1.57 bits per heavy atom. The third-order valence-corrected chi connectivity index (χ3v) is 5.00. The van der Waals surface area contributed by atoms with E-state index < -0.39 is 6.10 Å². The van der Waals surface area contributed by atoms with Gasteiger partial charge in [0.25, 0.3) is 0 Å². The van der Waals surface area contributed by atoms with Crippen molar-refractivity contribution in [2.45, 2.75) is 26.0 Å². The molecule has 0 radical (unpaired) electrons. The van der Waals surface area contributed by atoms with Gasteiger partial charge in [-0.15, -0.1) is 11.3 Å². The molecule has 2 atom stereocenters. The van der Waals surface area contributed by atoms with Crippen LogP contribution in [0.15, 0.2) is 23.6 Å². The van der Waals surface area contributed by atoms with Gasteiger partial charge in [-0.1, -0.05) is 6.07 Å². The maximum absolute atomic E-state index is 12.0. The molecule has 23 heavy (non-hydrogen) atoms. The number of aliphatic hydroxyl groups is 1. The first kappa shape index (κ1) is 16.2. The van der Waals surface area contributed by atoms with Crippen LogP contribution in [-0.4, -0.2) is 51.8 Å². The van der Waals surface area contributed by atoms with Crippen molar-refractivity contribution < 1.29 is 9.90 Å². The number of amides is 1. The van der Waals surface area contributed by atoms with Crippen LogP contribution in [-0.2, 0) is 17.8 Å². The summed E-state index contributed by atoms with van der Waals surface area (Å²) in [5.74, 6) is 0.129. The lowest BCUT2D eigenvalue weighted by atomic mass is 10.0. The number of carbonyl (C=O) groups is 1. The first-order chi connectivity index (χ1) is 11.1. The molecule has 0 saturated carbocycles. The molecule has 2 aromatic heterocycles. The van der Waals surface area contributed by atoms with Crippen LogP contribution in [0.4, 0.5) is 0 Å². The van der Waals surface area contributed by atoms with Crippen LogP contribution >= 0.6 is 11.3 Å². The van der Waals surface area contributed by atoms with Crippen molar-refractivity contribution in [2.75, 3.05) is 19.6 Å². The maximum Gasteiger partial charge on any atom is 0.234 e. The number of nitrogens with zero attached hydrogens (tertiary/aromatic N) is 2. The van der Waals surface area contributed by atoms with Crippen molar-refractivity contribution >= 4 is 17.2 Å². The minimum absolute atomic E-state index is 0.00173. The largest absolute Gasteiger partial charge is 0.391 e. The SMILES string of the molecule is Cc1cc(C[C@@H]2CN(CC(=O)NCc3cccs3)C[C@H]2O)n[nH]1. The van der Waals surface area contributed by atoms with Crippen molar-refractivity contribution in [3.8, 4) is 0 Å². The molecule has 1 saturated heterocycles. The van der Waals surface area contributed by atoms with E-state index in [1.165, 1.54) is 0 Å². The van der Waals surface area contributed by atoms with Gasteiger partial charge in [-0.25, -0.2) is 0 Å². The predicted molar refractivity (Wildman–Crippen MR) is 89.1 cm³/mol. The van der Waals surface area contributed by atoms with Crippen LogP contribution in [0.1, 0.15) is 16.3 Å². The van der Waals surface area contributed by atoms with Gasteiger partial charge in [0, 0.05) is 29.6 Å². The number of H-pyrrole nitrogens is 1. The summed E-state index contributed by atoms with van der Waals surface area (Å²) in [7, 11) is 0. The molecule has 0 bridgehead atoms. The molecule has 3 heterocycles. The summed E-state index contributed by atoms with van der Waals surface area (Å²) in [6.45, 7) is 4.13. The number of aromatic nitrogens is 2. The summed E-state index contributed by atoms with van der Waals surface area (Å²) in [5.41, 5.74) is 1.99. The monoisotopic (exact) mass is 334 g/mol. The van der Waals surface area contributed by atoms with Crippen molar-refractivity contribution in [3.63, 3.8) is 0 Å². The number of β-amino-alcohol motifs (C(OH)–C–C–N with tert-alkyl or cyclic N) is 1. The number of hydrogen-bond donors (Lipinski definition) is 3. The fourth-order valence-electron chi connectivity index (χ4n) is 2.98. The van der Waals surface area contributed by atoms with Gasteiger partial charge in [0.15, 0.2) is 0 Å². The number of likely N-dealkylation sites (tertiary alicyclic amines) is 1. The fraction of sp³-hybridized carbons (Fsp3) is 0.500. The van der Waals surface area contributed by atoms with Gasteiger partial charge in [-0.3, -0.25) is 14.8 Å². The zero-order chi connectivity index (χ0) is 16.2. The smallest absolute Gasteiger partial charge is 0.234 e. The van der Waals surface area contributed by atoms with E-state index in [1.807, 2.05) is 35.4 Å². The summed E-state index contributed by atoms with van der Waals surface area (Å²) in [4.78, 5) is 15.2. The van der Waals surface area contributed by atoms with Crippen LogP contribution < -0.4 is 5.32 Å². The molecule has 2 aromatic rings. The van der Waals surface area contributed by atoms with Gasteiger partial charge in [0.1, 0.15) is 0 Å². The number of thiophene rings is 1. The van der Waals surface area contributed by atoms with Gasteiger partial charge in [0.05, 0.1) is 24.9 Å². The van der Waals surface area contributed by atoms with Crippen molar-refractivity contribution in [3.05, 3.63) is 39.8 Å². The Bertz CT molecular complexity index is 640. The minimum Gasteiger partial charge on any atom is -0.391 e. The van der Waals surface area contributed by atoms with Gasteiger partial charge in [0.2, 0.25) is 5.91 Å². The highest BCUT2D eigenvalue weighted by molar-refractivity contribution is 7.09. The lowest BCUT2D eigenvalue weighted by Crippen LogP contribution is -2.36. The highest BCUT2D eigenvalue weighted by Crippen LogP contribution is 2.20. The Morgan fingerprint density at radius 3 is 3.13 bits per heavy atom. The fourth-order valence-corrected chi connectivity index (χ4v) is 3.62. The number of aromatic amines is 1. The number of nitrogens with one attached hydrogen (secondary N) is 2. The minimum atomic E-state index is -0.405. The first-order valence-electron chi connectivity index (χ1n) is 7.80. The molecule has 0 aromatic carbocycles. The van der Waals surface area contributed by atoms with E-state index in [0.717, 1.165) is 29.2 Å². The Hall–Kier alpha value is -1.70. The molecule has 3 N–H and O–H groups in total. The highest BCUT2D eigenvalue weighted by Gasteiger charge is 2.32. The molecule has 1 aliphatic rings. The molecule has 0 spiro atoms. The molecular formula is C16H22N4O2S. The zero-order valence-electron chi connectivity index (χ0n) is 13.2. The third kappa shape index (κ3) is 4.40. The molecular weight excluding hydrogens is 312 g/mol. The van der Waals surface area contributed by atoms with Crippen molar-refractivity contribution in [1.29, 1.82) is 0 Å². The van der Waals surface area contributed by atoms with Gasteiger partial charge >= 0.3 is 0 Å². The molecule has 1 amide bonds. The van der Waals surface area contributed by atoms with Crippen LogP contribution in [0.3, 0.4) is 0 Å². The maximum atomic E-state index is 12.0. The Labute approximate surface area is 139 Å². The predicted octanol–water partition coefficient (Wildman–Crippen LogP) is 0.931. The van der Waals surface area contributed by atoms with Crippen LogP contribution in [0.25, 0.3) is 0 Å². The summed E-state index contributed by atoms with van der Waals surface area (Å²) in [6, 6.07) is 5.99. The molecule has 124 valence electrons. The third-order valence-electron chi connectivity index (χ3n) is 4.12. The second-order valence-corrected chi connectivity index (χ2v) is 7.16. The Kier molecular flexibility index (Phi) is 5.09. The molecule has 3 rings (SSSR count). The van der Waals surface area contributed by atoms with Gasteiger partial charge in [-0.05, 0) is 30.9 Å². The number of aliphatic hydroxyl groups excluding tert-OH is 1. The van der Waals surface area contributed by atoms with E-state index in [9.17, 15) is 9.90 Å². The van der Waals surface area contributed by atoms with Gasteiger partial charge < -0.3 is 10.4 Å². The van der Waals surface area contributed by atoms with E-state index in [2.05, 4.69) is 15.5 Å². The van der Waals surface area contributed by atoms with Crippen LogP contribution in [0.5, 0.6) is 0 Å². The number of aryl methyl sites for hydroxylation is 1. The van der Waals surface area contributed by atoms with E-state index in [-0.39, 0.29) is 11.8 Å². The molecule has 0 aliphatic carbocycles. The topological polar surface area (TPSA) is 81.2 Å². The van der Waals surface area contributed by atoms with Gasteiger partial charge in [-0.2, -0.15) is 5.10 Å². The number of carbonyl (C=O) groups excluding carboxylic acids is 1. The molecule has 1 aliphatic heterocycles. The summed E-state index contributed by atoms with van der Waals surface area (Å²) in [6.07, 6.45) is 0.329. The van der Waals surface area contributed by atoms with Crippen molar-refractivity contribution in [1.82, 2.24) is 20.4 Å². The Balaban J connectivity index is 1.45. The summed E-state index contributed by atoms with van der Waals surface area (Å²) >= 11 is 1.63. The van der Waals surface area contributed by atoms with E-state index in [4.69, 9.17) is 0 Å².